The third-order valence-electron chi connectivity index (χ3n) is 5.32. The summed E-state index contributed by atoms with van der Waals surface area (Å²) in [5.74, 6) is -2.52. The van der Waals surface area contributed by atoms with Gasteiger partial charge in [0.15, 0.2) is 0 Å². The van der Waals surface area contributed by atoms with Crippen molar-refractivity contribution >= 4 is 35.1 Å². The molecule has 3 aromatic rings. The predicted molar refractivity (Wildman–Crippen MR) is 130 cm³/mol. The maximum absolute atomic E-state index is 13.1. The lowest BCUT2D eigenvalue weighted by Crippen LogP contribution is -2.33. The van der Waals surface area contributed by atoms with Gasteiger partial charge in [0.2, 0.25) is 5.88 Å². The van der Waals surface area contributed by atoms with Crippen molar-refractivity contribution in [1.82, 2.24) is 15.0 Å². The summed E-state index contributed by atoms with van der Waals surface area (Å²) >= 11 is 0. The van der Waals surface area contributed by atoms with Gasteiger partial charge in [-0.05, 0) is 35.7 Å². The molecule has 1 fully saturated rings. The number of carbonyl (C=O) groups is 3. The number of carboxylic acid groups (broad SMARTS) is 1. The second-order valence-corrected chi connectivity index (χ2v) is 8.59. The van der Waals surface area contributed by atoms with Crippen molar-refractivity contribution in [2.75, 3.05) is 22.1 Å². The number of nitrogens with zero attached hydrogens (tertiary/aromatic N) is 5. The number of nitrogen functional groups attached to an aromatic ring is 1. The molecule has 3 N–H and O–H groups in total. The van der Waals surface area contributed by atoms with Crippen molar-refractivity contribution in [1.29, 1.82) is 0 Å². The van der Waals surface area contributed by atoms with Crippen molar-refractivity contribution in [2.45, 2.75) is 32.1 Å². The Morgan fingerprint density at radius 3 is 2.24 bits per heavy atom. The summed E-state index contributed by atoms with van der Waals surface area (Å²) in [6.07, 6.45) is -6.70. The summed E-state index contributed by atoms with van der Waals surface area (Å²) in [5, 5.41) is 7.12. The normalized spacial score (nSPS) is 13.8. The van der Waals surface area contributed by atoms with Crippen molar-refractivity contribution < 1.29 is 50.6 Å². The molecule has 0 radical (unpaired) electrons. The lowest BCUT2D eigenvalue weighted by molar-refractivity contribution is -0.192. The number of aromatic nitrogens is 3. The monoisotopic (exact) mass is 586 g/mol. The number of ether oxygens (including phenoxy) is 1. The van der Waals surface area contributed by atoms with Crippen LogP contribution in [0.1, 0.15) is 30.9 Å². The van der Waals surface area contributed by atoms with Gasteiger partial charge < -0.3 is 15.6 Å². The third kappa shape index (κ3) is 7.37. The second kappa shape index (κ2) is 11.6. The summed E-state index contributed by atoms with van der Waals surface area (Å²) in [5.41, 5.74) is 5.45. The molecule has 1 aliphatic rings. The van der Waals surface area contributed by atoms with E-state index in [2.05, 4.69) is 15.0 Å². The Morgan fingerprint density at radius 1 is 1.02 bits per heavy atom. The number of rotatable bonds is 5. The molecular formula is C24H20F6N6O5. The van der Waals surface area contributed by atoms with E-state index in [-0.39, 0.29) is 29.0 Å². The molecule has 0 aliphatic carbocycles. The van der Waals surface area contributed by atoms with E-state index in [0.29, 0.717) is 17.5 Å². The van der Waals surface area contributed by atoms with Gasteiger partial charge in [-0.15, -0.1) is 0 Å². The minimum absolute atomic E-state index is 0.0642. The van der Waals surface area contributed by atoms with Crippen LogP contribution < -0.4 is 20.3 Å². The number of hydrogen-bond donors (Lipinski definition) is 2. The van der Waals surface area contributed by atoms with Gasteiger partial charge in [-0.3, -0.25) is 14.7 Å². The number of amides is 3. The van der Waals surface area contributed by atoms with E-state index >= 15 is 0 Å². The molecule has 218 valence electrons. The zero-order valence-corrected chi connectivity index (χ0v) is 21.1. The first kappa shape index (κ1) is 30.6. The number of nitrogens with two attached hydrogens (primary N) is 1. The molecule has 4 rings (SSSR count). The number of aliphatic carboxylic acids is 1. The van der Waals surface area contributed by atoms with E-state index in [1.807, 2.05) is 13.8 Å². The highest BCUT2D eigenvalue weighted by molar-refractivity contribution is 6.27. The van der Waals surface area contributed by atoms with Crippen LogP contribution in [-0.4, -0.2) is 50.7 Å². The second-order valence-electron chi connectivity index (χ2n) is 8.59. The Morgan fingerprint density at radius 2 is 1.68 bits per heavy atom. The van der Waals surface area contributed by atoms with Crippen LogP contribution in [0.4, 0.5) is 48.3 Å². The molecule has 1 aromatic carbocycles. The van der Waals surface area contributed by atoms with E-state index in [1.54, 1.807) is 12.1 Å². The molecule has 0 unspecified atom stereocenters. The van der Waals surface area contributed by atoms with E-state index in [9.17, 15) is 35.9 Å². The number of carboxylic acids is 1. The molecule has 0 saturated carbocycles. The first-order chi connectivity index (χ1) is 19.0. The number of hydrogen-bond acceptors (Lipinski definition) is 8. The van der Waals surface area contributed by atoms with Gasteiger partial charge >= 0.3 is 24.4 Å². The van der Waals surface area contributed by atoms with E-state index in [4.69, 9.17) is 20.4 Å². The number of halogens is 6. The van der Waals surface area contributed by atoms with Gasteiger partial charge in [0.25, 0.3) is 5.91 Å². The predicted octanol–water partition coefficient (Wildman–Crippen LogP) is 4.99. The highest BCUT2D eigenvalue weighted by Crippen LogP contribution is 2.36. The summed E-state index contributed by atoms with van der Waals surface area (Å²) in [6, 6.07) is 6.16. The maximum Gasteiger partial charge on any atom is 0.490 e. The van der Waals surface area contributed by atoms with Crippen molar-refractivity contribution in [3.63, 3.8) is 0 Å². The van der Waals surface area contributed by atoms with E-state index < -0.39 is 42.4 Å². The van der Waals surface area contributed by atoms with Crippen LogP contribution in [0.25, 0.3) is 0 Å². The molecule has 1 aliphatic heterocycles. The Kier molecular flexibility index (Phi) is 8.69. The summed E-state index contributed by atoms with van der Waals surface area (Å²) in [6.45, 7) is 3.38. The molecule has 3 heterocycles. The maximum atomic E-state index is 13.1. The quantitative estimate of drug-likeness (QED) is 0.311. The summed E-state index contributed by atoms with van der Waals surface area (Å²) < 4.78 is 76.7. The Labute approximate surface area is 227 Å². The molecule has 1 saturated heterocycles. The van der Waals surface area contributed by atoms with Crippen LogP contribution in [0.5, 0.6) is 11.6 Å². The van der Waals surface area contributed by atoms with Gasteiger partial charge in [-0.2, -0.15) is 26.3 Å². The largest absolute Gasteiger partial charge is 0.490 e. The molecule has 41 heavy (non-hydrogen) atoms. The van der Waals surface area contributed by atoms with Crippen molar-refractivity contribution in [3.05, 3.63) is 60.2 Å². The fraction of sp³-hybridized carbons (Fsp3) is 0.250. The smallest absolute Gasteiger partial charge is 0.475 e. The van der Waals surface area contributed by atoms with Crippen LogP contribution in [-0.2, 0) is 15.8 Å². The van der Waals surface area contributed by atoms with Gasteiger partial charge in [0, 0.05) is 12.3 Å². The minimum Gasteiger partial charge on any atom is -0.475 e. The van der Waals surface area contributed by atoms with Crippen molar-refractivity contribution in [2.24, 2.45) is 0 Å². The molecule has 17 heteroatoms. The first-order valence-electron chi connectivity index (χ1n) is 11.3. The van der Waals surface area contributed by atoms with Gasteiger partial charge in [0.1, 0.15) is 24.4 Å². The molecule has 0 spiro atoms. The SMILES string of the molecule is CC(C)c1cc(N2C(=O)CN(c3cncc(C(F)(F)F)c3)C2=O)ccc1Oc1cc(N)ncn1.O=C(O)C(F)(F)F. The van der Waals surface area contributed by atoms with Crippen LogP contribution in [0.2, 0.25) is 0 Å². The lowest BCUT2D eigenvalue weighted by atomic mass is 10.0. The summed E-state index contributed by atoms with van der Waals surface area (Å²) in [7, 11) is 0. The molecule has 3 amide bonds. The molecular weight excluding hydrogens is 566 g/mol. The van der Waals surface area contributed by atoms with Crippen LogP contribution in [0.15, 0.2) is 49.1 Å². The van der Waals surface area contributed by atoms with E-state index in [0.717, 1.165) is 22.1 Å². The van der Waals surface area contributed by atoms with Gasteiger partial charge in [-0.1, -0.05) is 13.8 Å². The minimum atomic E-state index is -5.08. The lowest BCUT2D eigenvalue weighted by Gasteiger charge is -2.20. The number of urea groups is 1. The number of carbonyl (C=O) groups excluding carboxylic acids is 2. The average Bonchev–Trinajstić information content (AvgIpc) is 3.17. The molecule has 0 atom stereocenters. The highest BCUT2D eigenvalue weighted by Gasteiger charge is 2.40. The zero-order chi connectivity index (χ0) is 30.7. The van der Waals surface area contributed by atoms with Gasteiger partial charge in [-0.25, -0.2) is 24.5 Å². The fourth-order valence-electron chi connectivity index (χ4n) is 3.43. The first-order valence-corrected chi connectivity index (χ1v) is 11.3. The summed E-state index contributed by atoms with van der Waals surface area (Å²) in [4.78, 5) is 47.9. The zero-order valence-electron chi connectivity index (χ0n) is 21.1. The Hall–Kier alpha value is -4.96. The number of imide groups is 1. The number of pyridine rings is 1. The Balaban J connectivity index is 0.000000587. The molecule has 2 aromatic heterocycles. The standard InChI is InChI=1S/C22H19F3N6O3.C2HF3O2/c1-12(2)16-6-14(3-4-17(16)34-19-7-18(26)28-11-29-19)31-20(32)10-30(21(31)33)15-5-13(8-27-9-15)22(23,24)25;3-2(4,5)1(6)7/h3-9,11-12H,10H2,1-2H3,(H2,26,28,29);(H,6,7). The van der Waals surface area contributed by atoms with Gasteiger partial charge in [0.05, 0.1) is 23.1 Å². The van der Waals surface area contributed by atoms with Crippen LogP contribution >= 0.6 is 0 Å². The highest BCUT2D eigenvalue weighted by atomic mass is 19.4. The number of benzene rings is 1. The van der Waals surface area contributed by atoms with E-state index in [1.165, 1.54) is 18.5 Å². The Bertz CT molecular complexity index is 1460. The number of alkyl halides is 6. The molecule has 11 nitrogen and oxygen atoms in total. The van der Waals surface area contributed by atoms with Crippen LogP contribution in [0.3, 0.4) is 0 Å². The number of anilines is 3. The third-order valence-corrected chi connectivity index (χ3v) is 5.32. The topological polar surface area (TPSA) is 152 Å². The fourth-order valence-corrected chi connectivity index (χ4v) is 3.43. The van der Waals surface area contributed by atoms with Crippen molar-refractivity contribution in [3.8, 4) is 11.6 Å². The van der Waals surface area contributed by atoms with Crippen LogP contribution in [0, 0.1) is 0 Å². The molecule has 0 bridgehead atoms. The average molecular weight is 586 g/mol.